The standard InChI is InChI=1S/C42H47N7O9/c50-35-15-14-34(40(54)44-35)49-41(55)32-7-4-8-33(37(32)42(49)56)48-25-28(26-48)24-46-18-20-47(21-19-46)36(51)9-1-2-22-58-31-12-10-27(11-13-31)16-17-43-38(52)29-5-3-6-30(23-29)39(53)45-57/h3-8,10-13,23,28,34,57H,1-2,9,14-22,24-26H2,(H,43,52)(H,45,53)(H,44,50,54). The Hall–Kier alpha value is -6.13. The monoisotopic (exact) mass is 793 g/mol. The molecule has 0 spiro atoms. The van der Waals surface area contributed by atoms with Gasteiger partial charge in [0.25, 0.3) is 23.6 Å². The van der Waals surface area contributed by atoms with Gasteiger partial charge < -0.3 is 19.9 Å². The predicted octanol–water partition coefficient (Wildman–Crippen LogP) is 2.01. The van der Waals surface area contributed by atoms with E-state index in [0.717, 1.165) is 61.8 Å². The van der Waals surface area contributed by atoms with Gasteiger partial charge in [0, 0.05) is 82.2 Å². The first-order valence-corrected chi connectivity index (χ1v) is 19.7. The number of amides is 7. The van der Waals surface area contributed by atoms with E-state index in [9.17, 15) is 33.6 Å². The quantitative estimate of drug-likeness (QED) is 0.0761. The number of hydrogen-bond acceptors (Lipinski definition) is 11. The van der Waals surface area contributed by atoms with Crippen LogP contribution >= 0.6 is 0 Å². The van der Waals surface area contributed by atoms with Crippen molar-refractivity contribution in [1.82, 2.24) is 30.8 Å². The van der Waals surface area contributed by atoms with E-state index in [1.165, 1.54) is 12.1 Å². The molecule has 4 aliphatic rings. The van der Waals surface area contributed by atoms with E-state index in [1.807, 2.05) is 35.2 Å². The number of imide groups is 2. The van der Waals surface area contributed by atoms with Crippen LogP contribution in [0.2, 0.25) is 0 Å². The van der Waals surface area contributed by atoms with Crippen molar-refractivity contribution in [1.29, 1.82) is 0 Å². The number of fused-ring (bicyclic) bond motifs is 1. The molecule has 4 aliphatic heterocycles. The number of unbranched alkanes of at least 4 members (excludes halogenated alkanes) is 1. The summed E-state index contributed by atoms with van der Waals surface area (Å²) in [5.41, 5.74) is 4.38. The number of anilines is 1. The number of carbonyl (C=O) groups excluding carboxylic acids is 7. The van der Waals surface area contributed by atoms with Gasteiger partial charge in [-0.25, -0.2) is 5.48 Å². The van der Waals surface area contributed by atoms with Crippen molar-refractivity contribution >= 4 is 47.0 Å². The summed E-state index contributed by atoms with van der Waals surface area (Å²) in [6.07, 6.45) is 2.74. The van der Waals surface area contributed by atoms with Crippen molar-refractivity contribution < 1.29 is 43.5 Å². The Balaban J connectivity index is 0.759. The van der Waals surface area contributed by atoms with Gasteiger partial charge in [-0.1, -0.05) is 24.3 Å². The third-order valence-corrected chi connectivity index (χ3v) is 11.2. The number of rotatable bonds is 15. The van der Waals surface area contributed by atoms with Crippen LogP contribution in [0, 0.1) is 5.92 Å². The van der Waals surface area contributed by atoms with Crippen molar-refractivity contribution in [2.24, 2.45) is 5.92 Å². The summed E-state index contributed by atoms with van der Waals surface area (Å²) in [7, 11) is 0. The lowest BCUT2D eigenvalue weighted by Crippen LogP contribution is -2.56. The molecule has 3 aromatic carbocycles. The molecule has 4 heterocycles. The van der Waals surface area contributed by atoms with Crippen molar-refractivity contribution in [3.8, 4) is 5.75 Å². The van der Waals surface area contributed by atoms with E-state index < -0.39 is 35.6 Å². The second-order valence-electron chi connectivity index (χ2n) is 15.1. The lowest BCUT2D eigenvalue weighted by Gasteiger charge is -2.45. The van der Waals surface area contributed by atoms with Crippen molar-refractivity contribution in [2.45, 2.75) is 44.6 Å². The summed E-state index contributed by atoms with van der Waals surface area (Å²) in [5, 5.41) is 13.9. The maximum atomic E-state index is 13.5. The van der Waals surface area contributed by atoms with Crippen LogP contribution in [0.25, 0.3) is 0 Å². The maximum absolute atomic E-state index is 13.5. The number of benzene rings is 3. The minimum absolute atomic E-state index is 0.0759. The summed E-state index contributed by atoms with van der Waals surface area (Å²) in [4.78, 5) is 95.2. The highest BCUT2D eigenvalue weighted by Gasteiger charge is 2.47. The highest BCUT2D eigenvalue weighted by molar-refractivity contribution is 6.25. The molecule has 0 radical (unpaired) electrons. The SMILES string of the molecule is O=C1CCC(N2C(=O)c3cccc(N4CC(CN5CCN(C(=O)CCCCOc6ccc(CCNC(=O)c7cccc(C(=O)NO)c7)cc6)CC5)C4)c3C2=O)C(=O)N1. The van der Waals surface area contributed by atoms with E-state index in [4.69, 9.17) is 9.94 Å². The second kappa shape index (κ2) is 18.0. The zero-order valence-corrected chi connectivity index (χ0v) is 32.1. The molecule has 16 heteroatoms. The normalized spacial score (nSPS) is 18.4. The number of hydrogen-bond donors (Lipinski definition) is 4. The molecule has 16 nitrogen and oxygen atoms in total. The molecule has 1 unspecified atom stereocenters. The molecule has 0 aliphatic carbocycles. The molecular formula is C42H47N7O9. The molecule has 3 aromatic rings. The fourth-order valence-electron chi connectivity index (χ4n) is 7.96. The first kappa shape index (κ1) is 40.1. The number of nitrogens with zero attached hydrogens (tertiary/aromatic N) is 4. The van der Waals surface area contributed by atoms with Crippen LogP contribution < -0.4 is 25.8 Å². The van der Waals surface area contributed by atoms with Gasteiger partial charge in [-0.15, -0.1) is 0 Å². The summed E-state index contributed by atoms with van der Waals surface area (Å²) in [6, 6.07) is 18.0. The average Bonchev–Trinajstić information content (AvgIpc) is 3.48. The lowest BCUT2D eigenvalue weighted by molar-refractivity contribution is -0.136. The molecule has 0 aromatic heterocycles. The van der Waals surface area contributed by atoms with Crippen LogP contribution in [0.1, 0.15) is 79.1 Å². The summed E-state index contributed by atoms with van der Waals surface area (Å²) in [5.74, 6) is -1.77. The molecule has 0 bridgehead atoms. The summed E-state index contributed by atoms with van der Waals surface area (Å²) < 4.78 is 5.89. The van der Waals surface area contributed by atoms with E-state index in [2.05, 4.69) is 20.4 Å². The van der Waals surface area contributed by atoms with Crippen LogP contribution in [-0.2, 0) is 20.8 Å². The van der Waals surface area contributed by atoms with Gasteiger partial charge in [0.05, 0.1) is 23.4 Å². The van der Waals surface area contributed by atoms with Gasteiger partial charge in [0.15, 0.2) is 0 Å². The van der Waals surface area contributed by atoms with Gasteiger partial charge in [0.1, 0.15) is 11.8 Å². The number of nitrogens with one attached hydrogen (secondary N) is 3. The zero-order chi connectivity index (χ0) is 40.8. The third-order valence-electron chi connectivity index (χ3n) is 11.2. The van der Waals surface area contributed by atoms with Crippen LogP contribution in [-0.4, -0.2) is 126 Å². The Labute approximate surface area is 335 Å². The van der Waals surface area contributed by atoms with Crippen molar-refractivity contribution in [3.63, 3.8) is 0 Å². The Morgan fingerprint density at radius 2 is 1.57 bits per heavy atom. The number of piperazine rings is 1. The van der Waals surface area contributed by atoms with Crippen LogP contribution in [0.15, 0.2) is 66.7 Å². The fourth-order valence-corrected chi connectivity index (χ4v) is 7.96. The molecule has 3 fully saturated rings. The van der Waals surface area contributed by atoms with E-state index >= 15 is 0 Å². The molecular weight excluding hydrogens is 747 g/mol. The molecule has 7 amide bonds. The molecule has 3 saturated heterocycles. The van der Waals surface area contributed by atoms with E-state index in [0.29, 0.717) is 61.8 Å². The summed E-state index contributed by atoms with van der Waals surface area (Å²) >= 11 is 0. The van der Waals surface area contributed by atoms with Gasteiger partial charge in [0.2, 0.25) is 17.7 Å². The van der Waals surface area contributed by atoms with E-state index in [-0.39, 0.29) is 35.8 Å². The minimum atomic E-state index is -0.995. The topological polar surface area (TPSA) is 198 Å². The second-order valence-corrected chi connectivity index (χ2v) is 15.1. The van der Waals surface area contributed by atoms with Gasteiger partial charge in [-0.3, -0.25) is 53.9 Å². The van der Waals surface area contributed by atoms with E-state index in [1.54, 1.807) is 29.7 Å². The number of hydroxylamine groups is 1. The fraction of sp³-hybridized carbons (Fsp3) is 0.405. The average molecular weight is 794 g/mol. The van der Waals surface area contributed by atoms with Crippen LogP contribution in [0.5, 0.6) is 5.75 Å². The van der Waals surface area contributed by atoms with Gasteiger partial charge in [-0.2, -0.15) is 0 Å². The Kier molecular flexibility index (Phi) is 12.4. The Morgan fingerprint density at radius 3 is 2.29 bits per heavy atom. The van der Waals surface area contributed by atoms with Crippen LogP contribution in [0.4, 0.5) is 5.69 Å². The van der Waals surface area contributed by atoms with Crippen LogP contribution in [0.3, 0.4) is 0 Å². The molecule has 0 saturated carbocycles. The molecule has 58 heavy (non-hydrogen) atoms. The number of ether oxygens (including phenoxy) is 1. The van der Waals surface area contributed by atoms with Gasteiger partial charge >= 0.3 is 0 Å². The highest BCUT2D eigenvalue weighted by atomic mass is 16.5. The van der Waals surface area contributed by atoms with Crippen molar-refractivity contribution in [2.75, 3.05) is 63.9 Å². The molecule has 1 atom stereocenters. The Bertz CT molecular complexity index is 2080. The zero-order valence-electron chi connectivity index (χ0n) is 32.1. The molecule has 304 valence electrons. The highest BCUT2D eigenvalue weighted by Crippen LogP contribution is 2.37. The largest absolute Gasteiger partial charge is 0.494 e. The minimum Gasteiger partial charge on any atom is -0.494 e. The first-order chi connectivity index (χ1) is 28.1. The van der Waals surface area contributed by atoms with Gasteiger partial charge in [-0.05, 0) is 73.7 Å². The molecule has 7 rings (SSSR count). The number of piperidine rings is 1. The Morgan fingerprint density at radius 1 is 0.845 bits per heavy atom. The number of carbonyl (C=O) groups is 7. The predicted molar refractivity (Wildman–Crippen MR) is 209 cm³/mol. The maximum Gasteiger partial charge on any atom is 0.274 e. The third kappa shape index (κ3) is 9.03. The smallest absolute Gasteiger partial charge is 0.274 e. The summed E-state index contributed by atoms with van der Waals surface area (Å²) in [6.45, 7) is 6.18. The van der Waals surface area contributed by atoms with Crippen molar-refractivity contribution in [3.05, 3.63) is 94.5 Å². The molecule has 4 N–H and O–H groups in total. The lowest BCUT2D eigenvalue weighted by atomic mass is 9.95. The first-order valence-electron chi connectivity index (χ1n) is 19.7.